The predicted octanol–water partition coefficient (Wildman–Crippen LogP) is 4.90. The van der Waals surface area contributed by atoms with Gasteiger partial charge in [-0.2, -0.15) is 0 Å². The zero-order chi connectivity index (χ0) is 23.2. The fourth-order valence-electron chi connectivity index (χ4n) is 5.49. The van der Waals surface area contributed by atoms with Crippen molar-refractivity contribution < 1.29 is 9.15 Å². The Balaban J connectivity index is 1.08. The van der Waals surface area contributed by atoms with Gasteiger partial charge in [0.25, 0.3) is 0 Å². The predicted molar refractivity (Wildman–Crippen MR) is 135 cm³/mol. The molecule has 3 aromatic rings. The number of hydrogen-bond acceptors (Lipinski definition) is 5. The topological polar surface area (TPSA) is 50.9 Å². The zero-order valence-electron chi connectivity index (χ0n) is 20.2. The molecule has 1 saturated heterocycles. The van der Waals surface area contributed by atoms with Crippen molar-refractivity contribution >= 4 is 11.1 Å². The summed E-state index contributed by atoms with van der Waals surface area (Å²) in [6.07, 6.45) is 9.12. The first kappa shape index (κ1) is 23.2. The highest BCUT2D eigenvalue weighted by Gasteiger charge is 2.24. The minimum atomic E-state index is -0.281. The number of nitrogens with zero attached hydrogens (tertiary/aromatic N) is 3. The molecular weight excluding hydrogens is 426 g/mol. The van der Waals surface area contributed by atoms with Crippen LogP contribution in [0.2, 0.25) is 0 Å². The molecule has 1 saturated carbocycles. The van der Waals surface area contributed by atoms with E-state index in [1.165, 1.54) is 58.3 Å². The average molecular weight is 464 g/mol. The normalized spacial score (nSPS) is 18.5. The lowest BCUT2D eigenvalue weighted by atomic mass is 9.94. The first-order valence-corrected chi connectivity index (χ1v) is 13.0. The Morgan fingerprint density at radius 2 is 1.65 bits per heavy atom. The lowest BCUT2D eigenvalue weighted by molar-refractivity contribution is 0.0780. The van der Waals surface area contributed by atoms with E-state index in [-0.39, 0.29) is 5.76 Å². The van der Waals surface area contributed by atoms with Gasteiger partial charge in [-0.3, -0.25) is 9.47 Å². The number of ether oxygens (including phenoxy) is 1. The lowest BCUT2D eigenvalue weighted by Crippen LogP contribution is -2.50. The van der Waals surface area contributed by atoms with Crippen LogP contribution < -0.4 is 10.5 Å². The lowest BCUT2D eigenvalue weighted by Gasteiger charge is -2.40. The van der Waals surface area contributed by atoms with Crippen molar-refractivity contribution in [2.24, 2.45) is 0 Å². The molecule has 2 aromatic carbocycles. The highest BCUT2D eigenvalue weighted by Crippen LogP contribution is 2.24. The van der Waals surface area contributed by atoms with E-state index in [2.05, 4.69) is 9.80 Å². The van der Waals surface area contributed by atoms with Crippen LogP contribution in [0.25, 0.3) is 11.1 Å². The molecule has 0 unspecified atom stereocenters. The van der Waals surface area contributed by atoms with E-state index in [9.17, 15) is 4.79 Å². The van der Waals surface area contributed by atoms with Crippen molar-refractivity contribution in [3.05, 3.63) is 64.6 Å². The van der Waals surface area contributed by atoms with Crippen molar-refractivity contribution in [3.8, 4) is 5.75 Å². The molecule has 1 aromatic heterocycles. The summed E-state index contributed by atoms with van der Waals surface area (Å²) in [5, 5.41) is 0. The van der Waals surface area contributed by atoms with E-state index in [0.29, 0.717) is 24.5 Å². The number of aromatic nitrogens is 1. The minimum Gasteiger partial charge on any atom is -0.489 e. The third kappa shape index (κ3) is 5.73. The van der Waals surface area contributed by atoms with Gasteiger partial charge in [0.15, 0.2) is 5.58 Å². The number of aryl methyl sites for hydroxylation is 1. The summed E-state index contributed by atoms with van der Waals surface area (Å²) in [5.74, 6) is 0.431. The van der Waals surface area contributed by atoms with Crippen LogP contribution in [0, 0.1) is 0 Å². The maximum absolute atomic E-state index is 12.5. The Kier molecular flexibility index (Phi) is 7.66. The largest absolute Gasteiger partial charge is 0.489 e. The van der Waals surface area contributed by atoms with Crippen molar-refractivity contribution in [2.45, 2.75) is 64.1 Å². The Morgan fingerprint density at radius 3 is 2.44 bits per heavy atom. The van der Waals surface area contributed by atoms with Gasteiger partial charge in [0.05, 0.1) is 5.52 Å². The Hall–Kier alpha value is -2.57. The number of piperazine rings is 1. The van der Waals surface area contributed by atoms with E-state index in [4.69, 9.17) is 9.15 Å². The molecule has 1 aliphatic heterocycles. The molecule has 0 bridgehead atoms. The van der Waals surface area contributed by atoms with Gasteiger partial charge >= 0.3 is 5.76 Å². The van der Waals surface area contributed by atoms with Gasteiger partial charge in [-0.1, -0.05) is 49.6 Å². The molecule has 0 atom stereocenters. The second kappa shape index (κ2) is 11.2. The first-order chi connectivity index (χ1) is 16.8. The number of hydrogen-bond donors (Lipinski definition) is 0. The van der Waals surface area contributed by atoms with E-state index >= 15 is 0 Å². The highest BCUT2D eigenvalue weighted by molar-refractivity contribution is 5.74. The third-order valence-electron chi connectivity index (χ3n) is 7.49. The van der Waals surface area contributed by atoms with Gasteiger partial charge in [0, 0.05) is 44.8 Å². The van der Waals surface area contributed by atoms with Crippen LogP contribution in [-0.4, -0.2) is 53.1 Å². The molecule has 5 rings (SSSR count). The zero-order valence-corrected chi connectivity index (χ0v) is 20.2. The number of unbranched alkanes of at least 4 members (excludes halogenated alkanes) is 1. The second-order valence-electron chi connectivity index (χ2n) is 9.80. The smallest absolute Gasteiger partial charge is 0.419 e. The average Bonchev–Trinajstić information content (AvgIpc) is 3.21. The van der Waals surface area contributed by atoms with Crippen molar-refractivity contribution in [2.75, 3.05) is 32.7 Å². The SMILES string of the molecule is O=c1oc2cc(OCc3ccccc3)ccc2n1CCCCN1CCN(C2CCCCC2)CC1. The second-order valence-corrected chi connectivity index (χ2v) is 9.80. The van der Waals surface area contributed by atoms with Gasteiger partial charge in [0.1, 0.15) is 12.4 Å². The van der Waals surface area contributed by atoms with Crippen molar-refractivity contribution in [1.29, 1.82) is 0 Å². The molecule has 2 fully saturated rings. The molecule has 6 nitrogen and oxygen atoms in total. The van der Waals surface area contributed by atoms with E-state index in [1.807, 2.05) is 48.5 Å². The minimum absolute atomic E-state index is 0.281. The number of oxazole rings is 1. The summed E-state index contributed by atoms with van der Waals surface area (Å²) in [5.41, 5.74) is 2.55. The maximum Gasteiger partial charge on any atom is 0.419 e. The molecule has 0 N–H and O–H groups in total. The van der Waals surface area contributed by atoms with Gasteiger partial charge < -0.3 is 14.1 Å². The molecule has 0 radical (unpaired) electrons. The Morgan fingerprint density at radius 1 is 0.882 bits per heavy atom. The summed E-state index contributed by atoms with van der Waals surface area (Å²) >= 11 is 0. The van der Waals surface area contributed by atoms with Gasteiger partial charge in [0.2, 0.25) is 0 Å². The van der Waals surface area contributed by atoms with Gasteiger partial charge in [-0.05, 0) is 49.9 Å². The summed E-state index contributed by atoms with van der Waals surface area (Å²) in [6.45, 7) is 7.08. The first-order valence-electron chi connectivity index (χ1n) is 13.0. The molecule has 2 aliphatic rings. The quantitative estimate of drug-likeness (QED) is 0.422. The summed E-state index contributed by atoms with van der Waals surface area (Å²) < 4.78 is 13.2. The molecule has 2 heterocycles. The van der Waals surface area contributed by atoms with E-state index < -0.39 is 0 Å². The van der Waals surface area contributed by atoms with E-state index in [1.54, 1.807) is 4.57 Å². The van der Waals surface area contributed by atoms with Crippen molar-refractivity contribution in [3.63, 3.8) is 0 Å². The van der Waals surface area contributed by atoms with Crippen LogP contribution in [0.4, 0.5) is 0 Å². The van der Waals surface area contributed by atoms with E-state index in [0.717, 1.165) is 36.5 Å². The summed E-state index contributed by atoms with van der Waals surface area (Å²) in [4.78, 5) is 17.8. The molecule has 6 heteroatoms. The molecule has 1 aliphatic carbocycles. The van der Waals surface area contributed by atoms with Gasteiger partial charge in [-0.25, -0.2) is 4.79 Å². The fourth-order valence-corrected chi connectivity index (χ4v) is 5.49. The molecule has 182 valence electrons. The summed E-state index contributed by atoms with van der Waals surface area (Å²) in [7, 11) is 0. The van der Waals surface area contributed by atoms with Crippen LogP contribution in [-0.2, 0) is 13.2 Å². The van der Waals surface area contributed by atoms with Crippen LogP contribution in [0.15, 0.2) is 57.7 Å². The molecule has 0 spiro atoms. The molecular formula is C28H37N3O3. The Bertz CT molecular complexity index is 1090. The van der Waals surface area contributed by atoms with Crippen LogP contribution in [0.5, 0.6) is 5.75 Å². The monoisotopic (exact) mass is 463 g/mol. The van der Waals surface area contributed by atoms with Crippen LogP contribution in [0.3, 0.4) is 0 Å². The highest BCUT2D eigenvalue weighted by atomic mass is 16.5. The third-order valence-corrected chi connectivity index (χ3v) is 7.49. The number of benzene rings is 2. The number of rotatable bonds is 9. The van der Waals surface area contributed by atoms with Crippen LogP contribution >= 0.6 is 0 Å². The summed E-state index contributed by atoms with van der Waals surface area (Å²) in [6, 6.07) is 16.6. The maximum atomic E-state index is 12.5. The van der Waals surface area contributed by atoms with Crippen LogP contribution in [0.1, 0.15) is 50.5 Å². The molecule has 34 heavy (non-hydrogen) atoms. The standard InChI is InChI=1S/C28H37N3O3/c32-28-31(16-8-7-15-29-17-19-30(20-18-29)24-11-5-2-6-12-24)26-14-13-25(21-27(26)34-28)33-22-23-9-3-1-4-10-23/h1,3-4,9-10,13-14,21,24H,2,5-8,11-12,15-20,22H2. The van der Waals surface area contributed by atoms with Crippen molar-refractivity contribution in [1.82, 2.24) is 14.4 Å². The fraction of sp³-hybridized carbons (Fsp3) is 0.536. The molecule has 0 amide bonds. The Labute approximate surface area is 202 Å². The number of fused-ring (bicyclic) bond motifs is 1. The van der Waals surface area contributed by atoms with Gasteiger partial charge in [-0.15, -0.1) is 0 Å².